The van der Waals surface area contributed by atoms with E-state index in [1.54, 1.807) is 31.5 Å². The van der Waals surface area contributed by atoms with Crippen LogP contribution >= 0.6 is 0 Å². The highest BCUT2D eigenvalue weighted by atomic mass is 32.2. The molecule has 1 aliphatic heterocycles. The van der Waals surface area contributed by atoms with E-state index in [0.29, 0.717) is 11.4 Å². The fourth-order valence-electron chi connectivity index (χ4n) is 2.90. The summed E-state index contributed by atoms with van der Waals surface area (Å²) in [5, 5.41) is 0. The van der Waals surface area contributed by atoms with Crippen molar-refractivity contribution in [1.82, 2.24) is 9.88 Å². The first kappa shape index (κ1) is 18.5. The van der Waals surface area contributed by atoms with Crippen molar-refractivity contribution in [3.8, 4) is 5.75 Å². The maximum atomic E-state index is 12.6. The molecule has 1 saturated heterocycles. The Labute approximate surface area is 154 Å². The predicted octanol–water partition coefficient (Wildman–Crippen LogP) is 1.95. The molecule has 0 radical (unpaired) electrons. The third-order valence-corrected chi connectivity index (χ3v) is 5.88. The molecule has 0 spiro atoms. The number of hydrogen-bond donors (Lipinski definition) is 1. The van der Waals surface area contributed by atoms with Gasteiger partial charge < -0.3 is 14.5 Å². The normalized spacial score (nSPS) is 15.7. The Kier molecular flexibility index (Phi) is 5.33. The minimum absolute atomic E-state index is 0.193. The highest BCUT2D eigenvalue weighted by molar-refractivity contribution is 7.92. The highest BCUT2D eigenvalue weighted by Crippen LogP contribution is 2.23. The van der Waals surface area contributed by atoms with Crippen LogP contribution in [0.1, 0.15) is 5.56 Å². The van der Waals surface area contributed by atoms with Crippen molar-refractivity contribution in [2.45, 2.75) is 11.8 Å². The summed E-state index contributed by atoms with van der Waals surface area (Å²) in [6.45, 7) is 5.63. The number of sulfonamides is 1. The number of pyridine rings is 1. The zero-order chi connectivity index (χ0) is 18.7. The van der Waals surface area contributed by atoms with Gasteiger partial charge in [-0.1, -0.05) is 0 Å². The molecule has 0 aliphatic carbocycles. The van der Waals surface area contributed by atoms with Gasteiger partial charge in [-0.2, -0.15) is 0 Å². The van der Waals surface area contributed by atoms with Crippen LogP contribution in [0, 0.1) is 6.92 Å². The van der Waals surface area contributed by atoms with Gasteiger partial charge in [-0.25, -0.2) is 13.4 Å². The first-order valence-electron chi connectivity index (χ1n) is 8.46. The van der Waals surface area contributed by atoms with E-state index in [-0.39, 0.29) is 4.90 Å². The number of nitrogens with one attached hydrogen (secondary N) is 1. The quantitative estimate of drug-likeness (QED) is 0.860. The van der Waals surface area contributed by atoms with Gasteiger partial charge in [0.2, 0.25) is 0 Å². The van der Waals surface area contributed by atoms with Crippen molar-refractivity contribution >= 4 is 21.5 Å². The van der Waals surface area contributed by atoms with Crippen molar-refractivity contribution in [3.05, 3.63) is 42.1 Å². The van der Waals surface area contributed by atoms with Crippen LogP contribution in [0.15, 0.2) is 41.4 Å². The van der Waals surface area contributed by atoms with Gasteiger partial charge in [0.15, 0.2) is 0 Å². The molecule has 2 heterocycles. The molecular weight excluding hydrogens is 352 g/mol. The third kappa shape index (κ3) is 4.08. The summed E-state index contributed by atoms with van der Waals surface area (Å²) in [4.78, 5) is 9.08. The molecule has 140 valence electrons. The van der Waals surface area contributed by atoms with Gasteiger partial charge in [0.05, 0.1) is 23.9 Å². The minimum Gasteiger partial charge on any atom is -0.496 e. The Morgan fingerprint density at radius 3 is 2.42 bits per heavy atom. The highest BCUT2D eigenvalue weighted by Gasteiger charge is 2.18. The Morgan fingerprint density at radius 1 is 1.12 bits per heavy atom. The largest absolute Gasteiger partial charge is 0.496 e. The van der Waals surface area contributed by atoms with Crippen molar-refractivity contribution < 1.29 is 13.2 Å². The van der Waals surface area contributed by atoms with Crippen LogP contribution in [0.4, 0.5) is 11.5 Å². The first-order chi connectivity index (χ1) is 12.4. The average molecular weight is 376 g/mol. The average Bonchev–Trinajstić information content (AvgIpc) is 2.63. The fraction of sp³-hybridized carbons (Fsp3) is 0.389. The number of aromatic nitrogens is 1. The summed E-state index contributed by atoms with van der Waals surface area (Å²) in [5.41, 5.74) is 1.20. The van der Waals surface area contributed by atoms with E-state index in [1.807, 2.05) is 13.0 Å². The molecule has 1 aromatic carbocycles. The van der Waals surface area contributed by atoms with Gasteiger partial charge in [-0.3, -0.25) is 4.72 Å². The molecule has 1 fully saturated rings. The van der Waals surface area contributed by atoms with Gasteiger partial charge >= 0.3 is 0 Å². The van der Waals surface area contributed by atoms with Gasteiger partial charge in [-0.15, -0.1) is 0 Å². The molecular formula is C18H24N4O3S. The number of piperazine rings is 1. The summed E-state index contributed by atoms with van der Waals surface area (Å²) >= 11 is 0. The van der Waals surface area contributed by atoms with Gasteiger partial charge in [0.25, 0.3) is 10.0 Å². The molecule has 0 atom stereocenters. The minimum atomic E-state index is -3.67. The summed E-state index contributed by atoms with van der Waals surface area (Å²) in [5.74, 6) is 1.52. The Morgan fingerprint density at radius 2 is 1.85 bits per heavy atom. The molecule has 0 bridgehead atoms. The number of likely N-dealkylation sites (N-methyl/N-ethyl adjacent to an activating group) is 1. The topological polar surface area (TPSA) is 74.8 Å². The number of ether oxygens (including phenoxy) is 1. The lowest BCUT2D eigenvalue weighted by molar-refractivity contribution is 0.312. The zero-order valence-electron chi connectivity index (χ0n) is 15.3. The molecule has 0 unspecified atom stereocenters. The maximum Gasteiger partial charge on any atom is 0.261 e. The Hall–Kier alpha value is -2.32. The van der Waals surface area contributed by atoms with Gasteiger partial charge in [-0.05, 0) is 49.9 Å². The van der Waals surface area contributed by atoms with Crippen LogP contribution in [0.3, 0.4) is 0 Å². The third-order valence-electron chi connectivity index (χ3n) is 4.50. The first-order valence-corrected chi connectivity index (χ1v) is 9.94. The number of nitrogens with zero attached hydrogens (tertiary/aromatic N) is 3. The smallest absolute Gasteiger partial charge is 0.261 e. The lowest BCUT2D eigenvalue weighted by Gasteiger charge is -2.33. The van der Waals surface area contributed by atoms with Crippen molar-refractivity contribution in [2.75, 3.05) is 50.0 Å². The van der Waals surface area contributed by atoms with Crippen molar-refractivity contribution in [1.29, 1.82) is 0 Å². The molecule has 1 aromatic heterocycles. The molecule has 1 aliphatic rings. The van der Waals surface area contributed by atoms with E-state index < -0.39 is 10.0 Å². The van der Waals surface area contributed by atoms with E-state index in [0.717, 1.165) is 37.6 Å². The molecule has 7 nitrogen and oxygen atoms in total. The Bertz CT molecular complexity index is 861. The molecule has 2 aromatic rings. The van der Waals surface area contributed by atoms with Gasteiger partial charge in [0.1, 0.15) is 11.6 Å². The van der Waals surface area contributed by atoms with Crippen LogP contribution in [0.25, 0.3) is 0 Å². The standard InChI is InChI=1S/C18H24N4O3S/c1-14-12-16(5-6-17(14)25-3)26(23,24)20-15-4-7-18(19-13-15)22-10-8-21(2)9-11-22/h4-7,12-13,20H,8-11H2,1-3H3. The van der Waals surface area contributed by atoms with E-state index >= 15 is 0 Å². The van der Waals surface area contributed by atoms with Gasteiger partial charge in [0, 0.05) is 26.2 Å². The molecule has 26 heavy (non-hydrogen) atoms. The van der Waals surface area contributed by atoms with Crippen molar-refractivity contribution in [3.63, 3.8) is 0 Å². The summed E-state index contributed by atoms with van der Waals surface area (Å²) in [7, 11) is -0.0130. The summed E-state index contributed by atoms with van der Waals surface area (Å²) in [6, 6.07) is 8.36. The number of benzene rings is 1. The molecule has 0 saturated carbocycles. The SMILES string of the molecule is COc1ccc(S(=O)(=O)Nc2ccc(N3CCN(C)CC3)nc2)cc1C. The van der Waals surface area contributed by atoms with Crippen LogP contribution in [-0.4, -0.2) is 58.6 Å². The predicted molar refractivity (Wildman–Crippen MR) is 102 cm³/mol. The zero-order valence-corrected chi connectivity index (χ0v) is 16.1. The summed E-state index contributed by atoms with van der Waals surface area (Å²) < 4.78 is 32.9. The number of methoxy groups -OCH3 is 1. The second-order valence-corrected chi connectivity index (χ2v) is 8.11. The van der Waals surface area contributed by atoms with E-state index in [9.17, 15) is 8.42 Å². The fourth-order valence-corrected chi connectivity index (χ4v) is 4.03. The molecule has 1 N–H and O–H groups in total. The van der Waals surface area contributed by atoms with E-state index in [4.69, 9.17) is 4.74 Å². The van der Waals surface area contributed by atoms with E-state index in [1.165, 1.54) is 6.07 Å². The maximum absolute atomic E-state index is 12.6. The summed E-state index contributed by atoms with van der Waals surface area (Å²) in [6.07, 6.45) is 1.56. The lowest BCUT2D eigenvalue weighted by atomic mass is 10.2. The van der Waals surface area contributed by atoms with Crippen molar-refractivity contribution in [2.24, 2.45) is 0 Å². The van der Waals surface area contributed by atoms with Crippen LogP contribution < -0.4 is 14.4 Å². The van der Waals surface area contributed by atoms with Crippen LogP contribution in [0.2, 0.25) is 0 Å². The number of anilines is 2. The van der Waals surface area contributed by atoms with Crippen LogP contribution in [0.5, 0.6) is 5.75 Å². The number of aryl methyl sites for hydroxylation is 1. The second kappa shape index (κ2) is 7.51. The lowest BCUT2D eigenvalue weighted by Crippen LogP contribution is -2.44. The van der Waals surface area contributed by atoms with Crippen LogP contribution in [-0.2, 0) is 10.0 Å². The molecule has 3 rings (SSSR count). The molecule has 8 heteroatoms. The Balaban J connectivity index is 1.72. The monoisotopic (exact) mass is 376 g/mol. The number of rotatable bonds is 5. The molecule has 0 amide bonds. The number of hydrogen-bond acceptors (Lipinski definition) is 6. The second-order valence-electron chi connectivity index (χ2n) is 6.43. The van der Waals surface area contributed by atoms with E-state index in [2.05, 4.69) is 26.6 Å².